The van der Waals surface area contributed by atoms with Gasteiger partial charge in [0.25, 0.3) is 0 Å². The zero-order valence-electron chi connectivity index (χ0n) is 8.51. The summed E-state index contributed by atoms with van der Waals surface area (Å²) in [6.45, 7) is 1.79. The van der Waals surface area contributed by atoms with E-state index in [1.54, 1.807) is 13.0 Å². The lowest BCUT2D eigenvalue weighted by atomic mass is 9.98. The molecule has 0 heterocycles. The number of carbonyl (C=O) groups excluding carboxylic acids is 1. The highest BCUT2D eigenvalue weighted by Gasteiger charge is 2.19. The molecule has 1 rings (SSSR count). The first-order chi connectivity index (χ1) is 7.47. The van der Waals surface area contributed by atoms with Crippen molar-refractivity contribution in [1.82, 2.24) is 0 Å². The van der Waals surface area contributed by atoms with E-state index in [1.807, 2.05) is 0 Å². The standard InChI is InChI=1S/C10H10BrNO4/c1-6(2-3-13)7-4-8(11)10(14)9(5-7)12(15)16/h3-6,14H,2H2,1H3. The number of rotatable bonds is 4. The monoisotopic (exact) mass is 287 g/mol. The minimum absolute atomic E-state index is 0.118. The fourth-order valence-electron chi connectivity index (χ4n) is 1.31. The molecule has 0 aliphatic heterocycles. The highest BCUT2D eigenvalue weighted by molar-refractivity contribution is 9.10. The molecule has 1 N–H and O–H groups in total. The Labute approximate surface area is 100 Å². The number of carbonyl (C=O) groups is 1. The molecule has 5 nitrogen and oxygen atoms in total. The van der Waals surface area contributed by atoms with Crippen LogP contribution in [0.1, 0.15) is 24.8 Å². The van der Waals surface area contributed by atoms with Crippen molar-refractivity contribution >= 4 is 27.9 Å². The number of hydrogen-bond donors (Lipinski definition) is 1. The van der Waals surface area contributed by atoms with Crippen LogP contribution in [0.15, 0.2) is 16.6 Å². The summed E-state index contributed by atoms with van der Waals surface area (Å²) in [5.74, 6) is -0.514. The molecule has 0 aromatic heterocycles. The Kier molecular flexibility index (Phi) is 4.00. The average Bonchev–Trinajstić information content (AvgIpc) is 2.21. The maximum absolute atomic E-state index is 10.7. The zero-order chi connectivity index (χ0) is 12.3. The van der Waals surface area contributed by atoms with Crippen LogP contribution in [0.3, 0.4) is 0 Å². The summed E-state index contributed by atoms with van der Waals surface area (Å²) in [5.41, 5.74) is 0.283. The van der Waals surface area contributed by atoms with Gasteiger partial charge in [-0.15, -0.1) is 0 Å². The highest BCUT2D eigenvalue weighted by Crippen LogP contribution is 2.37. The van der Waals surface area contributed by atoms with Crippen molar-refractivity contribution < 1.29 is 14.8 Å². The Hall–Kier alpha value is -1.43. The Morgan fingerprint density at radius 3 is 2.75 bits per heavy atom. The second-order valence-electron chi connectivity index (χ2n) is 3.43. The number of nitrogens with zero attached hydrogens (tertiary/aromatic N) is 1. The molecule has 1 atom stereocenters. The number of nitro benzene ring substituents is 1. The predicted octanol–water partition coefficient (Wildman–Crippen LogP) is 2.76. The van der Waals surface area contributed by atoms with Crippen LogP contribution < -0.4 is 0 Å². The third-order valence-corrected chi connectivity index (χ3v) is 2.89. The second-order valence-corrected chi connectivity index (χ2v) is 4.29. The van der Waals surface area contributed by atoms with E-state index in [2.05, 4.69) is 15.9 Å². The largest absolute Gasteiger partial charge is 0.501 e. The summed E-state index contributed by atoms with van der Waals surface area (Å²) >= 11 is 3.04. The van der Waals surface area contributed by atoms with Gasteiger partial charge in [-0.1, -0.05) is 6.92 Å². The fraction of sp³-hybridized carbons (Fsp3) is 0.300. The fourth-order valence-corrected chi connectivity index (χ4v) is 1.78. The lowest BCUT2D eigenvalue weighted by Gasteiger charge is -2.09. The molecular weight excluding hydrogens is 278 g/mol. The summed E-state index contributed by atoms with van der Waals surface area (Å²) in [6.07, 6.45) is 1.05. The van der Waals surface area contributed by atoms with Crippen LogP contribution in [0.5, 0.6) is 5.75 Å². The van der Waals surface area contributed by atoms with E-state index in [-0.39, 0.29) is 22.5 Å². The second kappa shape index (κ2) is 5.07. The first-order valence-corrected chi connectivity index (χ1v) is 5.37. The lowest BCUT2D eigenvalue weighted by molar-refractivity contribution is -0.386. The predicted molar refractivity (Wildman–Crippen MR) is 61.6 cm³/mol. The van der Waals surface area contributed by atoms with E-state index >= 15 is 0 Å². The third-order valence-electron chi connectivity index (χ3n) is 2.28. The molecule has 86 valence electrons. The van der Waals surface area contributed by atoms with Gasteiger partial charge in [0.2, 0.25) is 5.75 Å². The van der Waals surface area contributed by atoms with Crippen molar-refractivity contribution in [1.29, 1.82) is 0 Å². The van der Waals surface area contributed by atoms with E-state index in [0.29, 0.717) is 5.56 Å². The molecule has 0 fully saturated rings. The van der Waals surface area contributed by atoms with Gasteiger partial charge in [-0.05, 0) is 33.5 Å². The van der Waals surface area contributed by atoms with Crippen LogP contribution in [0.4, 0.5) is 5.69 Å². The van der Waals surface area contributed by atoms with E-state index in [0.717, 1.165) is 6.29 Å². The Balaban J connectivity index is 3.23. The van der Waals surface area contributed by atoms with E-state index in [1.165, 1.54) is 6.07 Å². The van der Waals surface area contributed by atoms with Crippen molar-refractivity contribution in [2.45, 2.75) is 19.3 Å². The van der Waals surface area contributed by atoms with E-state index in [9.17, 15) is 20.0 Å². The number of aromatic hydroxyl groups is 1. The van der Waals surface area contributed by atoms with Gasteiger partial charge in [0.05, 0.1) is 9.40 Å². The minimum Gasteiger partial charge on any atom is -0.501 e. The minimum atomic E-state index is -0.656. The molecule has 0 saturated carbocycles. The van der Waals surface area contributed by atoms with E-state index in [4.69, 9.17) is 0 Å². The summed E-state index contributed by atoms with van der Waals surface area (Å²) in [5, 5.41) is 20.1. The maximum Gasteiger partial charge on any atom is 0.312 e. The quantitative estimate of drug-likeness (QED) is 0.524. The Bertz CT molecular complexity index is 433. The van der Waals surface area contributed by atoms with Gasteiger partial charge in [-0.2, -0.15) is 0 Å². The third kappa shape index (κ3) is 2.57. The number of phenolic OH excluding ortho intramolecular Hbond substituents is 1. The van der Waals surface area contributed by atoms with Crippen molar-refractivity contribution in [2.75, 3.05) is 0 Å². The molecule has 1 unspecified atom stereocenters. The Morgan fingerprint density at radius 1 is 1.62 bits per heavy atom. The number of nitro groups is 1. The van der Waals surface area contributed by atoms with Crippen LogP contribution in [-0.2, 0) is 4.79 Å². The van der Waals surface area contributed by atoms with Crippen molar-refractivity contribution in [3.63, 3.8) is 0 Å². The highest BCUT2D eigenvalue weighted by atomic mass is 79.9. The summed E-state index contributed by atoms with van der Waals surface area (Å²) < 4.78 is 0.259. The summed E-state index contributed by atoms with van der Waals surface area (Å²) in [7, 11) is 0. The number of hydrogen-bond acceptors (Lipinski definition) is 4. The maximum atomic E-state index is 10.7. The molecule has 0 saturated heterocycles. The molecule has 0 aliphatic rings. The molecule has 0 radical (unpaired) electrons. The van der Waals surface area contributed by atoms with Gasteiger partial charge < -0.3 is 9.90 Å². The molecule has 1 aromatic carbocycles. The summed E-state index contributed by atoms with van der Waals surface area (Å²) in [4.78, 5) is 20.4. The van der Waals surface area contributed by atoms with Crippen LogP contribution >= 0.6 is 15.9 Å². The molecular formula is C10H10BrNO4. The number of benzene rings is 1. The lowest BCUT2D eigenvalue weighted by Crippen LogP contribution is -1.97. The first kappa shape index (κ1) is 12.6. The smallest absolute Gasteiger partial charge is 0.312 e. The molecule has 16 heavy (non-hydrogen) atoms. The number of aldehydes is 1. The van der Waals surface area contributed by atoms with Crippen molar-refractivity contribution in [3.05, 3.63) is 32.3 Å². The number of phenols is 1. The summed E-state index contributed by atoms with van der Waals surface area (Å²) in [6, 6.07) is 2.87. The van der Waals surface area contributed by atoms with Gasteiger partial charge in [0.15, 0.2) is 0 Å². The SMILES string of the molecule is CC(CC=O)c1cc(Br)c(O)c([N+](=O)[O-])c1. The molecule has 0 aliphatic carbocycles. The van der Waals surface area contributed by atoms with Crippen LogP contribution in [0.25, 0.3) is 0 Å². The zero-order valence-corrected chi connectivity index (χ0v) is 10.1. The number of halogens is 1. The first-order valence-electron chi connectivity index (χ1n) is 4.57. The Morgan fingerprint density at radius 2 is 2.25 bits per heavy atom. The van der Waals surface area contributed by atoms with Gasteiger partial charge in [0.1, 0.15) is 6.29 Å². The van der Waals surface area contributed by atoms with Gasteiger partial charge in [-0.3, -0.25) is 10.1 Å². The topological polar surface area (TPSA) is 80.4 Å². The van der Waals surface area contributed by atoms with Crippen molar-refractivity contribution in [3.8, 4) is 5.75 Å². The molecule has 0 bridgehead atoms. The molecule has 1 aromatic rings. The average molecular weight is 288 g/mol. The molecule has 0 amide bonds. The van der Waals surface area contributed by atoms with Gasteiger partial charge in [-0.25, -0.2) is 0 Å². The normalized spacial score (nSPS) is 12.1. The molecule has 6 heteroatoms. The molecule has 0 spiro atoms. The van der Waals surface area contributed by atoms with Crippen LogP contribution in [0, 0.1) is 10.1 Å². The van der Waals surface area contributed by atoms with Crippen molar-refractivity contribution in [2.24, 2.45) is 0 Å². The van der Waals surface area contributed by atoms with Crippen LogP contribution in [-0.4, -0.2) is 16.3 Å². The van der Waals surface area contributed by atoms with Gasteiger partial charge in [0, 0.05) is 12.5 Å². The van der Waals surface area contributed by atoms with Gasteiger partial charge >= 0.3 is 5.69 Å². The van der Waals surface area contributed by atoms with Crippen LogP contribution in [0.2, 0.25) is 0 Å². The van der Waals surface area contributed by atoms with E-state index < -0.39 is 10.7 Å².